The van der Waals surface area contributed by atoms with Gasteiger partial charge in [-0.1, -0.05) is 34.8 Å². The van der Waals surface area contributed by atoms with E-state index in [2.05, 4.69) is 4.99 Å². The highest BCUT2D eigenvalue weighted by molar-refractivity contribution is 7.16. The molecule has 0 N–H and O–H groups in total. The average molecular weight is 359 g/mol. The molecule has 3 rings (SSSR count). The summed E-state index contributed by atoms with van der Waals surface area (Å²) in [4.78, 5) is 27.7. The fourth-order valence-corrected chi connectivity index (χ4v) is 4.05. The first-order valence-electron chi connectivity index (χ1n) is 7.18. The third kappa shape index (κ3) is 3.34. The van der Waals surface area contributed by atoms with E-state index in [1.807, 2.05) is 35.8 Å². The minimum Gasteiger partial charge on any atom is -0.317 e. The molecule has 0 fully saturated rings. The Hall–Kier alpha value is -2.58. The third-order valence-corrected chi connectivity index (χ3v) is 5.35. The van der Waals surface area contributed by atoms with Crippen LogP contribution < -0.4 is 4.80 Å². The van der Waals surface area contributed by atoms with Crippen LogP contribution in [0.15, 0.2) is 47.5 Å². The molecule has 0 aliphatic rings. The molecule has 0 saturated carbocycles. The van der Waals surface area contributed by atoms with Gasteiger partial charge in [0.05, 0.1) is 15.1 Å². The van der Waals surface area contributed by atoms with E-state index in [4.69, 9.17) is 0 Å². The van der Waals surface area contributed by atoms with Crippen LogP contribution >= 0.6 is 22.7 Å². The predicted octanol–water partition coefficient (Wildman–Crippen LogP) is 3.83. The van der Waals surface area contributed by atoms with Crippen molar-refractivity contribution in [2.24, 2.45) is 4.99 Å². The summed E-state index contributed by atoms with van der Waals surface area (Å²) in [5.74, 6) is -0.389. The number of amides is 1. The van der Waals surface area contributed by atoms with Gasteiger partial charge in [0.2, 0.25) is 0 Å². The lowest BCUT2D eigenvalue weighted by Crippen LogP contribution is -2.15. The van der Waals surface area contributed by atoms with Crippen LogP contribution in [0.5, 0.6) is 0 Å². The standard InChI is InChI=1S/C16H13N3O3S2/c1-2-18-12-5-3-4-6-13(12)24-16(18)17-14(20)9-7-11-8-10-15(23-11)19(21)22/h3-10H,2H2,1H3/b9-7+,17-16?. The van der Waals surface area contributed by atoms with Gasteiger partial charge in [-0.15, -0.1) is 0 Å². The van der Waals surface area contributed by atoms with Crippen molar-refractivity contribution in [2.45, 2.75) is 13.5 Å². The molecular weight excluding hydrogens is 346 g/mol. The van der Waals surface area contributed by atoms with Crippen molar-refractivity contribution in [3.05, 3.63) is 62.3 Å². The number of aromatic nitrogens is 1. The van der Waals surface area contributed by atoms with Crippen LogP contribution in [-0.4, -0.2) is 15.4 Å². The van der Waals surface area contributed by atoms with Crippen LogP contribution in [-0.2, 0) is 11.3 Å². The fourth-order valence-electron chi connectivity index (χ4n) is 2.23. The van der Waals surface area contributed by atoms with Gasteiger partial charge in [0, 0.05) is 23.6 Å². The first-order valence-corrected chi connectivity index (χ1v) is 8.81. The van der Waals surface area contributed by atoms with E-state index in [0.29, 0.717) is 9.68 Å². The number of thiophene rings is 1. The summed E-state index contributed by atoms with van der Waals surface area (Å²) in [6, 6.07) is 10.9. The molecule has 1 amide bonds. The van der Waals surface area contributed by atoms with Crippen molar-refractivity contribution in [1.29, 1.82) is 0 Å². The minimum absolute atomic E-state index is 0.0485. The normalized spacial score (nSPS) is 12.3. The van der Waals surface area contributed by atoms with Gasteiger partial charge < -0.3 is 4.57 Å². The molecule has 3 aromatic rings. The highest BCUT2D eigenvalue weighted by Gasteiger charge is 2.08. The molecule has 6 nitrogen and oxygen atoms in total. The second kappa shape index (κ2) is 6.90. The van der Waals surface area contributed by atoms with Gasteiger partial charge in [-0.2, -0.15) is 4.99 Å². The number of benzene rings is 1. The molecule has 8 heteroatoms. The van der Waals surface area contributed by atoms with Gasteiger partial charge in [0.1, 0.15) is 0 Å². The Bertz CT molecular complexity index is 1010. The molecule has 0 spiro atoms. The summed E-state index contributed by atoms with van der Waals surface area (Å²) < 4.78 is 3.06. The number of carbonyl (C=O) groups is 1. The maximum atomic E-state index is 12.1. The molecule has 0 aliphatic carbocycles. The monoisotopic (exact) mass is 359 g/mol. The number of nitrogens with zero attached hydrogens (tertiary/aromatic N) is 3. The van der Waals surface area contributed by atoms with Crippen LogP contribution in [0.4, 0.5) is 5.00 Å². The summed E-state index contributed by atoms with van der Waals surface area (Å²) in [5, 5.41) is 10.7. The first kappa shape index (κ1) is 16.3. The lowest BCUT2D eigenvalue weighted by molar-refractivity contribution is -0.380. The van der Waals surface area contributed by atoms with E-state index in [1.54, 1.807) is 12.1 Å². The zero-order valence-electron chi connectivity index (χ0n) is 12.7. The zero-order valence-corrected chi connectivity index (χ0v) is 14.3. The van der Waals surface area contributed by atoms with E-state index in [-0.39, 0.29) is 10.9 Å². The highest BCUT2D eigenvalue weighted by Crippen LogP contribution is 2.24. The minimum atomic E-state index is -0.449. The second-order valence-corrected chi connectivity index (χ2v) is 6.92. The van der Waals surface area contributed by atoms with Crippen molar-refractivity contribution >= 4 is 49.9 Å². The van der Waals surface area contributed by atoms with Gasteiger partial charge in [0.25, 0.3) is 5.91 Å². The molecule has 122 valence electrons. The molecule has 2 heterocycles. The summed E-state index contributed by atoms with van der Waals surface area (Å²) in [6.45, 7) is 2.72. The summed E-state index contributed by atoms with van der Waals surface area (Å²) >= 11 is 2.48. The van der Waals surface area contributed by atoms with Gasteiger partial charge >= 0.3 is 5.00 Å². The lowest BCUT2D eigenvalue weighted by Gasteiger charge is -1.98. The summed E-state index contributed by atoms with van der Waals surface area (Å²) in [7, 11) is 0. The smallest absolute Gasteiger partial charge is 0.317 e. The van der Waals surface area contributed by atoms with Crippen LogP contribution in [0.3, 0.4) is 0 Å². The Kier molecular flexibility index (Phi) is 4.68. The van der Waals surface area contributed by atoms with Gasteiger partial charge in [-0.05, 0) is 31.2 Å². The Morgan fingerprint density at radius 3 is 2.79 bits per heavy atom. The molecule has 2 aromatic heterocycles. The van der Waals surface area contributed by atoms with E-state index in [0.717, 1.165) is 28.1 Å². The number of hydrogen-bond acceptors (Lipinski definition) is 5. The molecule has 0 aliphatic heterocycles. The Morgan fingerprint density at radius 1 is 1.29 bits per heavy atom. The highest BCUT2D eigenvalue weighted by atomic mass is 32.1. The first-order chi connectivity index (χ1) is 11.6. The second-order valence-electron chi connectivity index (χ2n) is 4.81. The summed E-state index contributed by atoms with van der Waals surface area (Å²) in [6.07, 6.45) is 2.88. The number of nitro groups is 1. The molecule has 24 heavy (non-hydrogen) atoms. The van der Waals surface area contributed by atoms with Crippen molar-refractivity contribution in [2.75, 3.05) is 0 Å². The molecular formula is C16H13N3O3S2. The van der Waals surface area contributed by atoms with E-state index in [1.165, 1.54) is 23.5 Å². The summed E-state index contributed by atoms with van der Waals surface area (Å²) in [5.41, 5.74) is 1.05. The SMILES string of the molecule is CCn1c(=NC(=O)/C=C/c2ccc([N+](=O)[O-])s2)sc2ccccc21. The van der Waals surface area contributed by atoms with E-state index in [9.17, 15) is 14.9 Å². The molecule has 0 radical (unpaired) electrons. The number of aryl methyl sites for hydroxylation is 1. The fraction of sp³-hybridized carbons (Fsp3) is 0.125. The van der Waals surface area contributed by atoms with E-state index >= 15 is 0 Å². The predicted molar refractivity (Wildman–Crippen MR) is 96.1 cm³/mol. The maximum Gasteiger partial charge on any atom is 0.324 e. The number of hydrogen-bond donors (Lipinski definition) is 0. The van der Waals surface area contributed by atoms with Gasteiger partial charge in [0.15, 0.2) is 4.80 Å². The number of rotatable bonds is 4. The van der Waals surface area contributed by atoms with Crippen molar-refractivity contribution in [3.8, 4) is 0 Å². The molecule has 0 unspecified atom stereocenters. The Labute approximate surface area is 145 Å². The number of carbonyl (C=O) groups excluding carboxylic acids is 1. The topological polar surface area (TPSA) is 77.5 Å². The van der Waals surface area contributed by atoms with E-state index < -0.39 is 4.92 Å². The van der Waals surface area contributed by atoms with Crippen molar-refractivity contribution in [3.63, 3.8) is 0 Å². The average Bonchev–Trinajstić information content (AvgIpc) is 3.17. The molecule has 0 atom stereocenters. The Balaban J connectivity index is 1.89. The molecule has 1 aromatic carbocycles. The van der Waals surface area contributed by atoms with Crippen molar-refractivity contribution < 1.29 is 9.72 Å². The van der Waals surface area contributed by atoms with Crippen LogP contribution in [0.1, 0.15) is 11.8 Å². The number of para-hydroxylation sites is 1. The molecule has 0 saturated heterocycles. The van der Waals surface area contributed by atoms with Crippen LogP contribution in [0, 0.1) is 10.1 Å². The van der Waals surface area contributed by atoms with Crippen molar-refractivity contribution in [1.82, 2.24) is 4.57 Å². The zero-order chi connectivity index (χ0) is 17.1. The maximum absolute atomic E-state index is 12.1. The lowest BCUT2D eigenvalue weighted by atomic mass is 10.3. The van der Waals surface area contributed by atoms with Crippen LogP contribution in [0.25, 0.3) is 16.3 Å². The number of thiazole rings is 1. The molecule has 0 bridgehead atoms. The third-order valence-electron chi connectivity index (χ3n) is 3.29. The van der Waals surface area contributed by atoms with Crippen LogP contribution in [0.2, 0.25) is 0 Å². The quantitative estimate of drug-likeness (QED) is 0.403. The van der Waals surface area contributed by atoms with Gasteiger partial charge in [-0.25, -0.2) is 0 Å². The number of fused-ring (bicyclic) bond motifs is 1. The van der Waals surface area contributed by atoms with Gasteiger partial charge in [-0.3, -0.25) is 14.9 Å². The Morgan fingerprint density at radius 2 is 2.08 bits per heavy atom. The largest absolute Gasteiger partial charge is 0.324 e.